The minimum absolute atomic E-state index is 0.0318. The van der Waals surface area contributed by atoms with Crippen molar-refractivity contribution < 1.29 is 18.3 Å². The molecule has 2 aromatic carbocycles. The fraction of sp³-hybridized carbons (Fsp3) is 0.143. The van der Waals surface area contributed by atoms with Gasteiger partial charge in [-0.25, -0.2) is 8.78 Å². The van der Waals surface area contributed by atoms with Crippen LogP contribution in [0.3, 0.4) is 0 Å². The number of ether oxygens (including phenoxy) is 2. The predicted molar refractivity (Wildman–Crippen MR) is 64.4 cm³/mol. The van der Waals surface area contributed by atoms with Crippen molar-refractivity contribution in [2.75, 3.05) is 13.3 Å². The van der Waals surface area contributed by atoms with Gasteiger partial charge in [0.15, 0.2) is 0 Å². The molecule has 0 amide bonds. The van der Waals surface area contributed by atoms with E-state index in [4.69, 9.17) is 9.47 Å². The molecule has 0 saturated carbocycles. The average molecular weight is 250 g/mol. The second-order valence-electron chi connectivity index (χ2n) is 3.57. The zero-order valence-electron chi connectivity index (χ0n) is 9.61. The van der Waals surface area contributed by atoms with Crippen molar-refractivity contribution in [1.29, 1.82) is 0 Å². The summed E-state index contributed by atoms with van der Waals surface area (Å²) in [5.41, 5.74) is 0. The minimum atomic E-state index is -0.526. The first-order valence-corrected chi connectivity index (χ1v) is 5.50. The topological polar surface area (TPSA) is 18.5 Å². The minimum Gasteiger partial charge on any atom is -0.491 e. The van der Waals surface area contributed by atoms with Crippen molar-refractivity contribution >= 4 is 0 Å². The van der Waals surface area contributed by atoms with Gasteiger partial charge in [-0.1, -0.05) is 6.07 Å². The number of benzene rings is 2. The first-order chi connectivity index (χ1) is 8.78. The lowest BCUT2D eigenvalue weighted by molar-refractivity contribution is 0.273. The van der Waals surface area contributed by atoms with Crippen molar-refractivity contribution in [3.8, 4) is 17.2 Å². The van der Waals surface area contributed by atoms with Gasteiger partial charge < -0.3 is 9.47 Å². The molecule has 0 saturated heterocycles. The lowest BCUT2D eigenvalue weighted by Gasteiger charge is -2.07. The molecular formula is C14H12F2O2. The van der Waals surface area contributed by atoms with Crippen LogP contribution in [-0.2, 0) is 0 Å². The van der Waals surface area contributed by atoms with Crippen molar-refractivity contribution in [2.45, 2.75) is 0 Å². The van der Waals surface area contributed by atoms with Gasteiger partial charge in [0.1, 0.15) is 36.3 Å². The van der Waals surface area contributed by atoms with Crippen LogP contribution in [0.2, 0.25) is 0 Å². The molecule has 18 heavy (non-hydrogen) atoms. The van der Waals surface area contributed by atoms with E-state index in [9.17, 15) is 8.78 Å². The molecule has 0 aliphatic heterocycles. The Morgan fingerprint density at radius 1 is 0.889 bits per heavy atom. The predicted octanol–water partition coefficient (Wildman–Crippen LogP) is 3.97. The summed E-state index contributed by atoms with van der Waals surface area (Å²) in [4.78, 5) is 0. The smallest absolute Gasteiger partial charge is 0.130 e. The summed E-state index contributed by atoms with van der Waals surface area (Å²) in [6, 6.07) is 12.6. The summed E-state index contributed by atoms with van der Waals surface area (Å²) >= 11 is 0. The van der Waals surface area contributed by atoms with Crippen LogP contribution in [-0.4, -0.2) is 13.3 Å². The Hall–Kier alpha value is -2.10. The van der Waals surface area contributed by atoms with E-state index >= 15 is 0 Å². The summed E-state index contributed by atoms with van der Waals surface area (Å²) in [5.74, 6) is 1.20. The van der Waals surface area contributed by atoms with Crippen LogP contribution in [0, 0.1) is 5.82 Å². The Morgan fingerprint density at radius 2 is 1.61 bits per heavy atom. The van der Waals surface area contributed by atoms with Crippen molar-refractivity contribution in [3.63, 3.8) is 0 Å². The van der Waals surface area contributed by atoms with E-state index in [1.807, 2.05) is 0 Å². The van der Waals surface area contributed by atoms with E-state index in [1.54, 1.807) is 36.4 Å². The lowest BCUT2D eigenvalue weighted by Crippen LogP contribution is -1.98. The highest BCUT2D eigenvalue weighted by Crippen LogP contribution is 2.24. The van der Waals surface area contributed by atoms with Crippen LogP contribution >= 0.6 is 0 Å². The van der Waals surface area contributed by atoms with Gasteiger partial charge in [0.05, 0.1) is 0 Å². The summed E-state index contributed by atoms with van der Waals surface area (Å²) in [7, 11) is 0. The third-order valence-corrected chi connectivity index (χ3v) is 2.20. The van der Waals surface area contributed by atoms with E-state index in [0.29, 0.717) is 17.2 Å². The number of alkyl halides is 1. The fourth-order valence-corrected chi connectivity index (χ4v) is 1.43. The van der Waals surface area contributed by atoms with Gasteiger partial charge in [-0.05, 0) is 36.4 Å². The Bertz CT molecular complexity index is 497. The van der Waals surface area contributed by atoms with Crippen LogP contribution in [0.1, 0.15) is 0 Å². The summed E-state index contributed by atoms with van der Waals surface area (Å²) in [6.07, 6.45) is 0. The lowest BCUT2D eigenvalue weighted by atomic mass is 10.3. The molecule has 4 heteroatoms. The van der Waals surface area contributed by atoms with Gasteiger partial charge in [0, 0.05) is 6.07 Å². The van der Waals surface area contributed by atoms with Crippen molar-refractivity contribution in [2.24, 2.45) is 0 Å². The number of rotatable bonds is 5. The molecule has 0 unspecified atom stereocenters. The highest BCUT2D eigenvalue weighted by molar-refractivity contribution is 5.35. The molecule has 2 aromatic rings. The molecule has 0 aliphatic carbocycles. The van der Waals surface area contributed by atoms with Crippen molar-refractivity contribution in [1.82, 2.24) is 0 Å². The van der Waals surface area contributed by atoms with Gasteiger partial charge in [0.2, 0.25) is 0 Å². The van der Waals surface area contributed by atoms with Crippen LogP contribution in [0.5, 0.6) is 17.2 Å². The molecule has 0 atom stereocenters. The van der Waals surface area contributed by atoms with Gasteiger partial charge >= 0.3 is 0 Å². The molecule has 0 radical (unpaired) electrons. The van der Waals surface area contributed by atoms with E-state index in [2.05, 4.69) is 0 Å². The second kappa shape index (κ2) is 6.00. The zero-order valence-corrected chi connectivity index (χ0v) is 9.61. The van der Waals surface area contributed by atoms with Crippen LogP contribution in [0.15, 0.2) is 48.5 Å². The third-order valence-electron chi connectivity index (χ3n) is 2.20. The Kier molecular flexibility index (Phi) is 4.12. The fourth-order valence-electron chi connectivity index (χ4n) is 1.43. The highest BCUT2D eigenvalue weighted by Gasteiger charge is 1.99. The molecule has 0 aliphatic rings. The molecule has 0 aromatic heterocycles. The summed E-state index contributed by atoms with van der Waals surface area (Å²) < 4.78 is 35.4. The Labute approximate surface area is 104 Å². The molecule has 0 fully saturated rings. The average Bonchev–Trinajstić information content (AvgIpc) is 2.38. The van der Waals surface area contributed by atoms with E-state index in [-0.39, 0.29) is 12.4 Å². The molecular weight excluding hydrogens is 238 g/mol. The molecule has 94 valence electrons. The maximum atomic E-state index is 12.9. The SMILES string of the molecule is FCCOc1ccc(Oc2cccc(F)c2)cc1. The standard InChI is InChI=1S/C14H12F2O2/c15-8-9-17-12-4-6-13(7-5-12)18-14-3-1-2-11(16)10-14/h1-7,10H,8-9H2. The zero-order chi connectivity index (χ0) is 12.8. The molecule has 0 heterocycles. The second-order valence-corrected chi connectivity index (χ2v) is 3.57. The summed E-state index contributed by atoms with van der Waals surface area (Å²) in [5, 5.41) is 0. The maximum absolute atomic E-state index is 12.9. The number of hydrogen-bond donors (Lipinski definition) is 0. The Balaban J connectivity index is 2.02. The number of halogens is 2. The van der Waals surface area contributed by atoms with Gasteiger partial charge in [-0.2, -0.15) is 0 Å². The quantitative estimate of drug-likeness (QED) is 0.799. The van der Waals surface area contributed by atoms with E-state index < -0.39 is 6.67 Å². The van der Waals surface area contributed by atoms with Gasteiger partial charge in [-0.15, -0.1) is 0 Å². The monoisotopic (exact) mass is 250 g/mol. The van der Waals surface area contributed by atoms with E-state index in [1.165, 1.54) is 12.1 Å². The largest absolute Gasteiger partial charge is 0.491 e. The van der Waals surface area contributed by atoms with Crippen LogP contribution in [0.4, 0.5) is 8.78 Å². The van der Waals surface area contributed by atoms with Gasteiger partial charge in [0.25, 0.3) is 0 Å². The Morgan fingerprint density at radius 3 is 2.28 bits per heavy atom. The highest BCUT2D eigenvalue weighted by atomic mass is 19.1. The molecule has 0 spiro atoms. The first-order valence-electron chi connectivity index (χ1n) is 5.50. The van der Waals surface area contributed by atoms with Crippen LogP contribution < -0.4 is 9.47 Å². The number of hydrogen-bond acceptors (Lipinski definition) is 2. The molecule has 2 rings (SSSR count). The first kappa shape index (κ1) is 12.4. The van der Waals surface area contributed by atoms with E-state index in [0.717, 1.165) is 0 Å². The normalized spacial score (nSPS) is 10.1. The maximum Gasteiger partial charge on any atom is 0.130 e. The summed E-state index contributed by atoms with van der Waals surface area (Å²) in [6.45, 7) is -0.494. The third kappa shape index (κ3) is 3.45. The molecule has 2 nitrogen and oxygen atoms in total. The van der Waals surface area contributed by atoms with Gasteiger partial charge in [-0.3, -0.25) is 0 Å². The molecule has 0 N–H and O–H groups in total. The van der Waals surface area contributed by atoms with Crippen LogP contribution in [0.25, 0.3) is 0 Å². The van der Waals surface area contributed by atoms with Crippen molar-refractivity contribution in [3.05, 3.63) is 54.3 Å². The molecule has 0 bridgehead atoms.